The van der Waals surface area contributed by atoms with Crippen LogP contribution in [-0.2, 0) is 0 Å². The molecule has 3 heterocycles. The van der Waals surface area contributed by atoms with Crippen LogP contribution < -0.4 is 4.90 Å². The van der Waals surface area contributed by atoms with Gasteiger partial charge < -0.3 is 15.1 Å². The van der Waals surface area contributed by atoms with Crippen LogP contribution in [0.4, 0.5) is 5.82 Å². The van der Waals surface area contributed by atoms with Gasteiger partial charge in [0.25, 0.3) is 0 Å². The Morgan fingerprint density at radius 2 is 1.94 bits per heavy atom. The summed E-state index contributed by atoms with van der Waals surface area (Å²) in [5.41, 5.74) is 0.869. The lowest BCUT2D eigenvalue weighted by Crippen LogP contribution is -2.23. The van der Waals surface area contributed by atoms with E-state index in [-0.39, 0.29) is 0 Å². The monoisotopic (exact) mass is 219 g/mol. The van der Waals surface area contributed by atoms with Crippen LogP contribution in [0, 0.1) is 0 Å². The van der Waals surface area contributed by atoms with Crippen LogP contribution in [0.2, 0.25) is 0 Å². The molecular weight excluding hydrogens is 206 g/mol. The number of anilines is 1. The first kappa shape index (κ1) is 9.62. The van der Waals surface area contributed by atoms with Gasteiger partial charge in [0, 0.05) is 25.5 Å². The zero-order valence-corrected chi connectivity index (χ0v) is 8.69. The van der Waals surface area contributed by atoms with Crippen LogP contribution >= 0.6 is 0 Å². The maximum atomic E-state index is 9.54. The Hall–Kier alpha value is -1.59. The highest BCUT2D eigenvalue weighted by Crippen LogP contribution is 2.21. The molecule has 2 atom stereocenters. The van der Waals surface area contributed by atoms with Gasteiger partial charge in [0.05, 0.1) is 12.2 Å². The molecule has 84 valence electrons. The molecule has 2 unspecified atom stereocenters. The fourth-order valence-electron chi connectivity index (χ4n) is 2.15. The Morgan fingerprint density at radius 3 is 2.69 bits per heavy atom. The number of nitrogens with zero attached hydrogens (tertiary/aromatic N) is 3. The van der Waals surface area contributed by atoms with Crippen molar-refractivity contribution >= 4 is 11.5 Å². The summed E-state index contributed by atoms with van der Waals surface area (Å²) in [6.45, 7) is 0.914. The van der Waals surface area contributed by atoms with Crippen molar-refractivity contribution in [3.63, 3.8) is 0 Å². The summed E-state index contributed by atoms with van der Waals surface area (Å²) in [7, 11) is 0. The van der Waals surface area contributed by atoms with Gasteiger partial charge in [-0.15, -0.1) is 0 Å². The summed E-state index contributed by atoms with van der Waals surface area (Å²) in [6, 6.07) is 5.81. The lowest BCUT2D eigenvalue weighted by Gasteiger charge is -2.18. The van der Waals surface area contributed by atoms with Gasteiger partial charge in [-0.2, -0.15) is 0 Å². The summed E-state index contributed by atoms with van der Waals surface area (Å²) in [6.07, 6.45) is 2.28. The fraction of sp³-hybridized carbons (Fsp3) is 0.364. The van der Waals surface area contributed by atoms with E-state index in [1.807, 2.05) is 33.7 Å². The lowest BCUT2D eigenvalue weighted by molar-refractivity contribution is 0.0572. The van der Waals surface area contributed by atoms with E-state index in [2.05, 4.69) is 4.98 Å². The summed E-state index contributed by atoms with van der Waals surface area (Å²) < 4.78 is 1.95. The van der Waals surface area contributed by atoms with E-state index in [0.29, 0.717) is 13.1 Å². The number of fused-ring (bicyclic) bond motifs is 1. The van der Waals surface area contributed by atoms with E-state index < -0.39 is 12.2 Å². The third kappa shape index (κ3) is 1.36. The van der Waals surface area contributed by atoms with Crippen molar-refractivity contribution < 1.29 is 10.2 Å². The second-order valence-corrected chi connectivity index (χ2v) is 4.08. The number of β-amino-alcohol motifs (C(OH)–C–C–N with tert-alkyl or cyclic N) is 2. The average Bonchev–Trinajstić information content (AvgIpc) is 2.85. The van der Waals surface area contributed by atoms with Crippen molar-refractivity contribution in [2.24, 2.45) is 0 Å². The number of hydrogen-bond donors (Lipinski definition) is 2. The quantitative estimate of drug-likeness (QED) is 0.701. The summed E-state index contributed by atoms with van der Waals surface area (Å²) in [5.74, 6) is 0.950. The summed E-state index contributed by atoms with van der Waals surface area (Å²) in [5, 5.41) is 19.1. The summed E-state index contributed by atoms with van der Waals surface area (Å²) >= 11 is 0. The van der Waals surface area contributed by atoms with Crippen molar-refractivity contribution in [1.82, 2.24) is 9.38 Å². The zero-order valence-electron chi connectivity index (χ0n) is 8.69. The second-order valence-electron chi connectivity index (χ2n) is 4.08. The molecule has 0 saturated carbocycles. The molecule has 3 rings (SSSR count). The highest BCUT2D eigenvalue weighted by Gasteiger charge is 2.30. The fourth-order valence-corrected chi connectivity index (χ4v) is 2.15. The average molecular weight is 219 g/mol. The van der Waals surface area contributed by atoms with Gasteiger partial charge in [-0.05, 0) is 12.1 Å². The third-order valence-corrected chi connectivity index (χ3v) is 2.99. The number of aliphatic hydroxyl groups is 2. The molecule has 16 heavy (non-hydrogen) atoms. The topological polar surface area (TPSA) is 61.0 Å². The standard InChI is InChI=1S/C11H13N3O2/c15-8-6-13(7-9(8)16)11-3-1-2-10-12-4-5-14(10)11/h1-5,8-9,15-16H,6-7H2. The van der Waals surface area contributed by atoms with Crippen LogP contribution in [0.25, 0.3) is 5.65 Å². The SMILES string of the molecule is OC1CN(c2cccc3nccn23)CC1O. The zero-order chi connectivity index (χ0) is 11.1. The Balaban J connectivity index is 2.03. The first-order chi connectivity index (χ1) is 7.75. The Labute approximate surface area is 92.6 Å². The Kier molecular flexibility index (Phi) is 2.08. The van der Waals surface area contributed by atoms with Gasteiger partial charge in [0.15, 0.2) is 0 Å². The molecule has 2 aromatic rings. The molecule has 2 aromatic heterocycles. The van der Waals surface area contributed by atoms with Gasteiger partial charge in [-0.1, -0.05) is 6.07 Å². The molecule has 0 aliphatic carbocycles. The van der Waals surface area contributed by atoms with Crippen molar-refractivity contribution in [2.75, 3.05) is 18.0 Å². The Morgan fingerprint density at radius 1 is 1.19 bits per heavy atom. The molecule has 1 fully saturated rings. The molecule has 1 aliphatic heterocycles. The second kappa shape index (κ2) is 3.47. The first-order valence-electron chi connectivity index (χ1n) is 5.29. The molecule has 0 spiro atoms. The van der Waals surface area contributed by atoms with E-state index in [1.165, 1.54) is 0 Å². The molecule has 2 N–H and O–H groups in total. The van der Waals surface area contributed by atoms with Crippen molar-refractivity contribution in [3.05, 3.63) is 30.6 Å². The van der Waals surface area contributed by atoms with E-state index in [1.54, 1.807) is 6.20 Å². The number of aliphatic hydroxyl groups excluding tert-OH is 2. The van der Waals surface area contributed by atoms with Gasteiger partial charge in [-0.25, -0.2) is 4.98 Å². The number of hydrogen-bond acceptors (Lipinski definition) is 4. The molecule has 1 saturated heterocycles. The predicted octanol–water partition coefficient (Wildman–Crippen LogP) is -0.124. The molecule has 0 amide bonds. The largest absolute Gasteiger partial charge is 0.389 e. The summed E-state index contributed by atoms with van der Waals surface area (Å²) in [4.78, 5) is 6.16. The maximum Gasteiger partial charge on any atom is 0.138 e. The van der Waals surface area contributed by atoms with Crippen LogP contribution in [0.3, 0.4) is 0 Å². The number of imidazole rings is 1. The number of aromatic nitrogens is 2. The third-order valence-electron chi connectivity index (χ3n) is 2.99. The highest BCUT2D eigenvalue weighted by molar-refractivity contribution is 5.52. The minimum absolute atomic E-state index is 0.457. The van der Waals surface area contributed by atoms with Gasteiger partial charge in [0.1, 0.15) is 11.5 Å². The molecule has 0 bridgehead atoms. The van der Waals surface area contributed by atoms with Crippen LogP contribution in [0.15, 0.2) is 30.6 Å². The Bertz CT molecular complexity index is 501. The number of rotatable bonds is 1. The van der Waals surface area contributed by atoms with Crippen LogP contribution in [0.1, 0.15) is 0 Å². The van der Waals surface area contributed by atoms with E-state index in [4.69, 9.17) is 0 Å². The molecule has 0 aromatic carbocycles. The first-order valence-corrected chi connectivity index (χ1v) is 5.29. The minimum atomic E-state index is -0.668. The molecule has 0 radical (unpaired) electrons. The minimum Gasteiger partial charge on any atom is -0.389 e. The highest BCUT2D eigenvalue weighted by atomic mass is 16.3. The lowest BCUT2D eigenvalue weighted by atomic mass is 10.3. The van der Waals surface area contributed by atoms with E-state index in [9.17, 15) is 10.2 Å². The smallest absolute Gasteiger partial charge is 0.138 e. The van der Waals surface area contributed by atoms with Gasteiger partial charge >= 0.3 is 0 Å². The van der Waals surface area contributed by atoms with Gasteiger partial charge in [-0.3, -0.25) is 4.40 Å². The number of pyridine rings is 1. The van der Waals surface area contributed by atoms with Crippen LogP contribution in [-0.4, -0.2) is 44.9 Å². The molecule has 5 heteroatoms. The van der Waals surface area contributed by atoms with Crippen molar-refractivity contribution in [1.29, 1.82) is 0 Å². The molecule has 5 nitrogen and oxygen atoms in total. The van der Waals surface area contributed by atoms with Crippen LogP contribution in [0.5, 0.6) is 0 Å². The maximum absolute atomic E-state index is 9.54. The predicted molar refractivity (Wildman–Crippen MR) is 59.4 cm³/mol. The molecule has 1 aliphatic rings. The normalized spacial score (nSPS) is 25.5. The van der Waals surface area contributed by atoms with Crippen molar-refractivity contribution in [2.45, 2.75) is 12.2 Å². The van der Waals surface area contributed by atoms with Crippen molar-refractivity contribution in [3.8, 4) is 0 Å². The van der Waals surface area contributed by atoms with E-state index >= 15 is 0 Å². The van der Waals surface area contributed by atoms with E-state index in [0.717, 1.165) is 11.5 Å². The molecular formula is C11H13N3O2. The van der Waals surface area contributed by atoms with Gasteiger partial charge in [0.2, 0.25) is 0 Å².